The molecule has 2 atom stereocenters. The maximum absolute atomic E-state index is 12.7. The summed E-state index contributed by atoms with van der Waals surface area (Å²) in [5.74, 6) is 0.475. The fourth-order valence-corrected chi connectivity index (χ4v) is 7.24. The summed E-state index contributed by atoms with van der Waals surface area (Å²) in [5, 5.41) is 3.20. The molecule has 4 bridgehead atoms. The first kappa shape index (κ1) is 17.0. The van der Waals surface area contributed by atoms with Crippen LogP contribution in [0, 0.1) is 24.2 Å². The fraction of sp³-hybridized carbons (Fsp3) is 0.667. The average Bonchev–Trinajstić information content (AvgIpc) is 2.42. The average molecular weight is 364 g/mol. The highest BCUT2D eigenvalue weighted by molar-refractivity contribution is 7.85. The van der Waals surface area contributed by atoms with Gasteiger partial charge >= 0.3 is 0 Å². The molecular formula is C18H24N2O4S. The highest BCUT2D eigenvalue weighted by Crippen LogP contribution is 2.61. The molecule has 1 aromatic heterocycles. The van der Waals surface area contributed by atoms with Crippen molar-refractivity contribution in [3.63, 3.8) is 0 Å². The molecule has 25 heavy (non-hydrogen) atoms. The second-order valence-corrected chi connectivity index (χ2v) is 10.0. The third-order valence-corrected chi connectivity index (χ3v) is 7.15. The molecule has 4 aliphatic carbocycles. The number of nitrogens with zero attached hydrogens (tertiary/aromatic N) is 1. The lowest BCUT2D eigenvalue weighted by Gasteiger charge is -2.62. The van der Waals surface area contributed by atoms with Gasteiger partial charge in [0.15, 0.2) is 0 Å². The van der Waals surface area contributed by atoms with Gasteiger partial charge in [0, 0.05) is 11.2 Å². The Morgan fingerprint density at radius 3 is 2.56 bits per heavy atom. The molecule has 4 saturated carbocycles. The van der Waals surface area contributed by atoms with E-state index in [1.807, 2.05) is 19.1 Å². The minimum Gasteiger partial charge on any atom is -0.345 e. The number of aryl methyl sites for hydroxylation is 1. The van der Waals surface area contributed by atoms with Gasteiger partial charge in [0.25, 0.3) is 16.0 Å². The first-order chi connectivity index (χ1) is 11.7. The van der Waals surface area contributed by atoms with E-state index >= 15 is 0 Å². The highest BCUT2D eigenvalue weighted by atomic mass is 32.2. The summed E-state index contributed by atoms with van der Waals surface area (Å²) in [7, 11) is -4.02. The standard InChI is InChI=1S/C18H24N2O4S/c1-12-3-2-4-15(19-12)16(21)20-18-8-13-5-14(9-18)7-17(6-13,10-18)11-25(22,23)24/h2-4,13-14H,5-11H2,1H3,(H,20,21)(H,22,23,24). The number of carbonyl (C=O) groups is 1. The third-order valence-electron chi connectivity index (χ3n) is 6.17. The van der Waals surface area contributed by atoms with Crippen molar-refractivity contribution < 1.29 is 17.8 Å². The summed E-state index contributed by atoms with van der Waals surface area (Å²) in [4.78, 5) is 17.0. The van der Waals surface area contributed by atoms with Gasteiger partial charge in [0.05, 0.1) is 5.75 Å². The molecular weight excluding hydrogens is 340 g/mol. The van der Waals surface area contributed by atoms with Crippen molar-refractivity contribution >= 4 is 16.0 Å². The van der Waals surface area contributed by atoms with Gasteiger partial charge in [0.1, 0.15) is 5.69 Å². The number of pyridine rings is 1. The molecule has 4 fully saturated rings. The highest BCUT2D eigenvalue weighted by Gasteiger charge is 2.59. The van der Waals surface area contributed by atoms with Crippen LogP contribution in [0.5, 0.6) is 0 Å². The van der Waals surface area contributed by atoms with Crippen LogP contribution in [0.3, 0.4) is 0 Å². The molecule has 136 valence electrons. The third kappa shape index (κ3) is 3.31. The van der Waals surface area contributed by atoms with Crippen LogP contribution in [0.2, 0.25) is 0 Å². The number of nitrogens with one attached hydrogen (secondary N) is 1. The van der Waals surface area contributed by atoms with Crippen LogP contribution in [0.25, 0.3) is 0 Å². The van der Waals surface area contributed by atoms with Gasteiger partial charge in [-0.25, -0.2) is 4.98 Å². The maximum atomic E-state index is 12.7. The van der Waals surface area contributed by atoms with Gasteiger partial charge in [-0.15, -0.1) is 0 Å². The van der Waals surface area contributed by atoms with Gasteiger partial charge in [-0.05, 0) is 74.8 Å². The molecule has 0 aromatic carbocycles. The van der Waals surface area contributed by atoms with Crippen molar-refractivity contribution in [2.75, 3.05) is 5.75 Å². The Hall–Kier alpha value is -1.47. The zero-order chi connectivity index (χ0) is 17.9. The van der Waals surface area contributed by atoms with E-state index < -0.39 is 15.5 Å². The van der Waals surface area contributed by atoms with E-state index in [0.717, 1.165) is 37.8 Å². The van der Waals surface area contributed by atoms with E-state index in [4.69, 9.17) is 0 Å². The first-order valence-corrected chi connectivity index (χ1v) is 10.5. The van der Waals surface area contributed by atoms with Gasteiger partial charge in [-0.3, -0.25) is 9.35 Å². The molecule has 2 N–H and O–H groups in total. The zero-order valence-electron chi connectivity index (χ0n) is 14.4. The Morgan fingerprint density at radius 1 is 1.28 bits per heavy atom. The van der Waals surface area contributed by atoms with E-state index in [1.54, 1.807) is 6.07 Å². The molecule has 1 heterocycles. The van der Waals surface area contributed by atoms with E-state index in [0.29, 0.717) is 24.0 Å². The van der Waals surface area contributed by atoms with Crippen molar-refractivity contribution in [2.45, 2.75) is 51.0 Å². The van der Waals surface area contributed by atoms with Gasteiger partial charge in [-0.1, -0.05) is 6.07 Å². The van der Waals surface area contributed by atoms with Crippen LogP contribution in [-0.4, -0.2) is 35.2 Å². The normalized spacial score (nSPS) is 36.4. The molecule has 0 saturated heterocycles. The Morgan fingerprint density at radius 2 is 1.96 bits per heavy atom. The van der Waals surface area contributed by atoms with Crippen LogP contribution in [0.1, 0.15) is 54.7 Å². The van der Waals surface area contributed by atoms with Crippen LogP contribution in [-0.2, 0) is 10.1 Å². The lowest BCUT2D eigenvalue weighted by atomic mass is 9.47. The van der Waals surface area contributed by atoms with Crippen molar-refractivity contribution in [3.8, 4) is 0 Å². The van der Waals surface area contributed by atoms with Gasteiger partial charge in [0.2, 0.25) is 0 Å². The molecule has 7 heteroatoms. The molecule has 0 radical (unpaired) electrons. The number of carbonyl (C=O) groups excluding carboxylic acids is 1. The predicted molar refractivity (Wildman–Crippen MR) is 92.7 cm³/mol. The fourth-order valence-electron chi connectivity index (χ4n) is 6.13. The zero-order valence-corrected chi connectivity index (χ0v) is 15.2. The monoisotopic (exact) mass is 364 g/mol. The topological polar surface area (TPSA) is 96.4 Å². The van der Waals surface area contributed by atoms with E-state index in [-0.39, 0.29) is 17.2 Å². The van der Waals surface area contributed by atoms with Gasteiger partial charge < -0.3 is 5.32 Å². The SMILES string of the molecule is Cc1cccc(C(=O)NC23CC4CC(CC(CS(=O)(=O)O)(C4)C2)C3)n1. The van der Waals surface area contributed by atoms with Gasteiger partial charge in [-0.2, -0.15) is 8.42 Å². The summed E-state index contributed by atoms with van der Waals surface area (Å²) in [6, 6.07) is 5.37. The van der Waals surface area contributed by atoms with Crippen molar-refractivity contribution in [2.24, 2.45) is 17.3 Å². The molecule has 1 aromatic rings. The lowest BCUT2D eigenvalue weighted by Crippen LogP contribution is -2.64. The summed E-state index contributed by atoms with van der Waals surface area (Å²) >= 11 is 0. The second kappa shape index (κ2) is 5.51. The summed E-state index contributed by atoms with van der Waals surface area (Å²) in [6.07, 6.45) is 5.20. The van der Waals surface area contributed by atoms with Crippen LogP contribution >= 0.6 is 0 Å². The number of rotatable bonds is 4. The molecule has 5 rings (SSSR count). The Kier molecular flexibility index (Phi) is 3.74. The van der Waals surface area contributed by atoms with Crippen molar-refractivity contribution in [1.29, 1.82) is 0 Å². The van der Waals surface area contributed by atoms with Crippen LogP contribution < -0.4 is 5.32 Å². The largest absolute Gasteiger partial charge is 0.345 e. The molecule has 6 nitrogen and oxygen atoms in total. The van der Waals surface area contributed by atoms with E-state index in [2.05, 4.69) is 10.3 Å². The maximum Gasteiger partial charge on any atom is 0.270 e. The second-order valence-electron chi connectivity index (χ2n) is 8.59. The number of hydrogen-bond donors (Lipinski definition) is 2. The van der Waals surface area contributed by atoms with Crippen molar-refractivity contribution in [1.82, 2.24) is 10.3 Å². The van der Waals surface area contributed by atoms with Crippen LogP contribution in [0.4, 0.5) is 0 Å². The Bertz CT molecular complexity index is 806. The summed E-state index contributed by atoms with van der Waals surface area (Å²) in [5.41, 5.74) is 0.433. The smallest absolute Gasteiger partial charge is 0.270 e. The first-order valence-electron chi connectivity index (χ1n) is 8.87. The minimum absolute atomic E-state index is 0.187. The molecule has 0 spiro atoms. The molecule has 1 amide bonds. The number of amides is 1. The number of aromatic nitrogens is 1. The van der Waals surface area contributed by atoms with E-state index in [1.165, 1.54) is 0 Å². The summed E-state index contributed by atoms with van der Waals surface area (Å²) < 4.78 is 32.5. The molecule has 2 unspecified atom stereocenters. The van der Waals surface area contributed by atoms with E-state index in [9.17, 15) is 17.8 Å². The quantitative estimate of drug-likeness (QED) is 0.800. The predicted octanol–water partition coefficient (Wildman–Crippen LogP) is 2.35. The summed E-state index contributed by atoms with van der Waals surface area (Å²) in [6.45, 7) is 1.85. The lowest BCUT2D eigenvalue weighted by molar-refractivity contribution is -0.0667. The minimum atomic E-state index is -4.02. The Balaban J connectivity index is 1.60. The van der Waals surface area contributed by atoms with Crippen LogP contribution in [0.15, 0.2) is 18.2 Å². The molecule has 0 aliphatic heterocycles. The Labute approximate surface area is 148 Å². The molecule has 4 aliphatic rings. The number of hydrogen-bond acceptors (Lipinski definition) is 4. The van der Waals surface area contributed by atoms with Crippen molar-refractivity contribution in [3.05, 3.63) is 29.6 Å².